The number of amides is 1. The van der Waals surface area contributed by atoms with Gasteiger partial charge >= 0.3 is 5.97 Å². The fourth-order valence-electron chi connectivity index (χ4n) is 2.72. The molecule has 1 aromatic heterocycles. The Kier molecular flexibility index (Phi) is 6.22. The Labute approximate surface area is 163 Å². The number of nitrogens with one attached hydrogen (secondary N) is 1. The summed E-state index contributed by atoms with van der Waals surface area (Å²) in [6, 6.07) is 16.3. The molecule has 1 heterocycles. The summed E-state index contributed by atoms with van der Waals surface area (Å²) in [6.45, 7) is 3.93. The Bertz CT molecular complexity index is 946. The topological polar surface area (TPSA) is 81.4 Å². The first-order chi connectivity index (χ1) is 13.6. The Morgan fingerprint density at radius 2 is 1.79 bits per heavy atom. The molecule has 3 rings (SSSR count). The molecule has 0 aliphatic carbocycles. The van der Waals surface area contributed by atoms with Crippen LogP contribution in [0.25, 0.3) is 11.5 Å². The lowest BCUT2D eigenvalue weighted by atomic mass is 10.2. The van der Waals surface area contributed by atoms with Gasteiger partial charge in [-0.3, -0.25) is 4.79 Å². The molecule has 0 radical (unpaired) electrons. The van der Waals surface area contributed by atoms with E-state index in [1.807, 2.05) is 37.3 Å². The van der Waals surface area contributed by atoms with Crippen LogP contribution in [0, 0.1) is 6.92 Å². The standard InChI is InChI=1S/C22H22N2O4/c1-3-27-22(26)17-9-11-18(12-10-17)23-20(25)14-13-19-15(2)28-21(24-19)16-7-5-4-6-8-16/h4-12H,3,13-14H2,1-2H3,(H,23,25). The maximum absolute atomic E-state index is 12.2. The molecule has 1 N–H and O–H groups in total. The van der Waals surface area contributed by atoms with E-state index in [0.29, 0.717) is 35.9 Å². The first kappa shape index (κ1) is 19.4. The third-order valence-corrected chi connectivity index (χ3v) is 4.18. The summed E-state index contributed by atoms with van der Waals surface area (Å²) in [7, 11) is 0. The molecule has 0 saturated heterocycles. The second kappa shape index (κ2) is 8.99. The minimum Gasteiger partial charge on any atom is -0.462 e. The fraction of sp³-hybridized carbons (Fsp3) is 0.227. The molecule has 1 amide bonds. The van der Waals surface area contributed by atoms with Crippen molar-refractivity contribution >= 4 is 17.6 Å². The fourth-order valence-corrected chi connectivity index (χ4v) is 2.72. The third kappa shape index (κ3) is 4.85. The van der Waals surface area contributed by atoms with Gasteiger partial charge in [-0.15, -0.1) is 0 Å². The second-order valence-electron chi connectivity index (χ2n) is 6.23. The molecule has 0 fully saturated rings. The van der Waals surface area contributed by atoms with Gasteiger partial charge in [0, 0.05) is 24.1 Å². The van der Waals surface area contributed by atoms with E-state index in [0.717, 1.165) is 11.3 Å². The number of aryl methyl sites for hydroxylation is 2. The van der Waals surface area contributed by atoms with Gasteiger partial charge in [-0.1, -0.05) is 18.2 Å². The zero-order valence-electron chi connectivity index (χ0n) is 15.9. The summed E-state index contributed by atoms with van der Waals surface area (Å²) >= 11 is 0. The number of hydrogen-bond acceptors (Lipinski definition) is 5. The minimum absolute atomic E-state index is 0.132. The highest BCUT2D eigenvalue weighted by Crippen LogP contribution is 2.22. The number of benzene rings is 2. The van der Waals surface area contributed by atoms with Crippen molar-refractivity contribution in [3.63, 3.8) is 0 Å². The second-order valence-corrected chi connectivity index (χ2v) is 6.23. The number of hydrogen-bond donors (Lipinski definition) is 1. The molecule has 0 bridgehead atoms. The molecule has 144 valence electrons. The first-order valence-electron chi connectivity index (χ1n) is 9.15. The van der Waals surface area contributed by atoms with Crippen molar-refractivity contribution in [2.75, 3.05) is 11.9 Å². The Morgan fingerprint density at radius 3 is 2.46 bits per heavy atom. The highest BCUT2D eigenvalue weighted by Gasteiger charge is 2.13. The van der Waals surface area contributed by atoms with E-state index in [1.54, 1.807) is 31.2 Å². The average Bonchev–Trinajstić information content (AvgIpc) is 3.08. The van der Waals surface area contributed by atoms with E-state index in [9.17, 15) is 9.59 Å². The zero-order chi connectivity index (χ0) is 19.9. The van der Waals surface area contributed by atoms with Crippen LogP contribution in [0.15, 0.2) is 59.0 Å². The zero-order valence-corrected chi connectivity index (χ0v) is 15.9. The normalized spacial score (nSPS) is 10.5. The van der Waals surface area contributed by atoms with Crippen LogP contribution in [-0.2, 0) is 16.0 Å². The molecular weight excluding hydrogens is 356 g/mol. The monoisotopic (exact) mass is 378 g/mol. The van der Waals surface area contributed by atoms with E-state index in [4.69, 9.17) is 9.15 Å². The van der Waals surface area contributed by atoms with Crippen LogP contribution in [0.1, 0.15) is 35.2 Å². The van der Waals surface area contributed by atoms with E-state index in [2.05, 4.69) is 10.3 Å². The van der Waals surface area contributed by atoms with Crippen molar-refractivity contribution in [2.45, 2.75) is 26.7 Å². The van der Waals surface area contributed by atoms with Gasteiger partial charge in [0.25, 0.3) is 0 Å². The molecule has 0 saturated carbocycles. The summed E-state index contributed by atoms with van der Waals surface area (Å²) in [5.41, 5.74) is 2.75. The molecule has 2 aromatic carbocycles. The number of aromatic nitrogens is 1. The van der Waals surface area contributed by atoms with Crippen molar-refractivity contribution in [3.8, 4) is 11.5 Å². The number of oxazole rings is 1. The van der Waals surface area contributed by atoms with Gasteiger partial charge in [-0.2, -0.15) is 0 Å². The van der Waals surface area contributed by atoms with Crippen LogP contribution in [-0.4, -0.2) is 23.5 Å². The van der Waals surface area contributed by atoms with Gasteiger partial charge in [0.05, 0.1) is 17.9 Å². The smallest absolute Gasteiger partial charge is 0.338 e. The maximum Gasteiger partial charge on any atom is 0.338 e. The molecule has 0 spiro atoms. The first-order valence-corrected chi connectivity index (χ1v) is 9.15. The number of rotatable bonds is 7. The summed E-state index contributed by atoms with van der Waals surface area (Å²) in [6.07, 6.45) is 0.760. The van der Waals surface area contributed by atoms with Crippen LogP contribution >= 0.6 is 0 Å². The van der Waals surface area contributed by atoms with Gasteiger partial charge in [0.2, 0.25) is 11.8 Å². The summed E-state index contributed by atoms with van der Waals surface area (Å²) in [5, 5.41) is 2.82. The Hall–Kier alpha value is -3.41. The van der Waals surface area contributed by atoms with Gasteiger partial charge in [-0.05, 0) is 50.2 Å². The summed E-state index contributed by atoms with van der Waals surface area (Å²) in [4.78, 5) is 28.4. The quantitative estimate of drug-likeness (QED) is 0.616. The molecule has 3 aromatic rings. The number of nitrogens with zero attached hydrogens (tertiary/aromatic N) is 1. The lowest BCUT2D eigenvalue weighted by Crippen LogP contribution is -2.13. The van der Waals surface area contributed by atoms with Crippen LogP contribution in [0.3, 0.4) is 0 Å². The highest BCUT2D eigenvalue weighted by atomic mass is 16.5. The maximum atomic E-state index is 12.2. The number of carbonyl (C=O) groups is 2. The molecule has 6 nitrogen and oxygen atoms in total. The van der Waals surface area contributed by atoms with Gasteiger partial charge in [0.15, 0.2) is 0 Å². The van der Waals surface area contributed by atoms with Crippen molar-refractivity contribution in [2.24, 2.45) is 0 Å². The minimum atomic E-state index is -0.379. The van der Waals surface area contributed by atoms with Crippen LogP contribution in [0.2, 0.25) is 0 Å². The van der Waals surface area contributed by atoms with Crippen molar-refractivity contribution in [1.29, 1.82) is 0 Å². The molecule has 0 unspecified atom stereocenters. The van der Waals surface area contributed by atoms with Gasteiger partial charge in [-0.25, -0.2) is 9.78 Å². The highest BCUT2D eigenvalue weighted by molar-refractivity contribution is 5.93. The molecule has 0 atom stereocenters. The largest absolute Gasteiger partial charge is 0.462 e. The van der Waals surface area contributed by atoms with Crippen molar-refractivity contribution in [1.82, 2.24) is 4.98 Å². The number of carbonyl (C=O) groups excluding carboxylic acids is 2. The third-order valence-electron chi connectivity index (χ3n) is 4.18. The predicted octanol–water partition coefficient (Wildman–Crippen LogP) is 4.40. The summed E-state index contributed by atoms with van der Waals surface area (Å²) in [5.74, 6) is 0.761. The molecule has 0 aliphatic rings. The number of anilines is 1. The van der Waals surface area contributed by atoms with E-state index in [-0.39, 0.29) is 18.3 Å². The van der Waals surface area contributed by atoms with E-state index >= 15 is 0 Å². The van der Waals surface area contributed by atoms with Crippen LogP contribution < -0.4 is 5.32 Å². The SMILES string of the molecule is CCOC(=O)c1ccc(NC(=O)CCc2nc(-c3ccccc3)oc2C)cc1. The van der Waals surface area contributed by atoms with Crippen LogP contribution in [0.5, 0.6) is 0 Å². The summed E-state index contributed by atoms with van der Waals surface area (Å²) < 4.78 is 10.7. The number of ether oxygens (including phenoxy) is 1. The van der Waals surface area contributed by atoms with Crippen molar-refractivity contribution in [3.05, 3.63) is 71.6 Å². The lowest BCUT2D eigenvalue weighted by molar-refractivity contribution is -0.116. The Morgan fingerprint density at radius 1 is 1.07 bits per heavy atom. The van der Waals surface area contributed by atoms with E-state index in [1.165, 1.54) is 0 Å². The van der Waals surface area contributed by atoms with Crippen molar-refractivity contribution < 1.29 is 18.7 Å². The van der Waals surface area contributed by atoms with Crippen LogP contribution in [0.4, 0.5) is 5.69 Å². The molecule has 28 heavy (non-hydrogen) atoms. The predicted molar refractivity (Wildman–Crippen MR) is 106 cm³/mol. The average molecular weight is 378 g/mol. The molecule has 6 heteroatoms. The number of esters is 1. The lowest BCUT2D eigenvalue weighted by Gasteiger charge is -2.06. The van der Waals surface area contributed by atoms with Gasteiger partial charge in [0.1, 0.15) is 5.76 Å². The molecule has 0 aliphatic heterocycles. The molecular formula is C22H22N2O4. The Balaban J connectivity index is 1.56. The van der Waals surface area contributed by atoms with E-state index < -0.39 is 0 Å². The van der Waals surface area contributed by atoms with Gasteiger partial charge < -0.3 is 14.5 Å².